The number of aromatic nitrogens is 2. The molecule has 1 amide bonds. The molecule has 0 radical (unpaired) electrons. The van der Waals surface area contributed by atoms with Crippen molar-refractivity contribution in [1.82, 2.24) is 15.0 Å². The van der Waals surface area contributed by atoms with Gasteiger partial charge in [0.2, 0.25) is 17.6 Å². The summed E-state index contributed by atoms with van der Waals surface area (Å²) in [6, 6.07) is 12.2. The molecule has 10 heteroatoms. The van der Waals surface area contributed by atoms with E-state index in [2.05, 4.69) is 31.4 Å². The number of alkyl halides is 3. The van der Waals surface area contributed by atoms with Crippen molar-refractivity contribution in [2.24, 2.45) is 5.92 Å². The summed E-state index contributed by atoms with van der Waals surface area (Å²) in [4.78, 5) is 19.1. The Morgan fingerprint density at radius 2 is 2.00 bits per heavy atom. The topological polar surface area (TPSA) is 71.3 Å². The van der Waals surface area contributed by atoms with Gasteiger partial charge in [0, 0.05) is 22.3 Å². The summed E-state index contributed by atoms with van der Waals surface area (Å²) in [5.74, 6) is 0.299. The van der Waals surface area contributed by atoms with Gasteiger partial charge in [-0.05, 0) is 61.9 Å². The summed E-state index contributed by atoms with van der Waals surface area (Å²) < 4.78 is 45.0. The molecule has 2 heterocycles. The van der Waals surface area contributed by atoms with Gasteiger partial charge in [0.25, 0.3) is 0 Å². The average Bonchev–Trinajstić information content (AvgIpc) is 3.22. The highest BCUT2D eigenvalue weighted by atomic mass is 79.9. The number of halogens is 4. The van der Waals surface area contributed by atoms with Crippen molar-refractivity contribution in [3.63, 3.8) is 0 Å². The van der Waals surface area contributed by atoms with Crippen LogP contribution in [0.1, 0.15) is 24.3 Å². The molecule has 1 aromatic heterocycles. The molecule has 1 N–H and O–H groups in total. The largest absolute Gasteiger partial charge is 0.416 e. The summed E-state index contributed by atoms with van der Waals surface area (Å²) in [6.07, 6.45) is -3.01. The minimum Gasteiger partial charge on any atom is -0.338 e. The SMILES string of the molecule is O=C(Nc1cccc(C(F)(F)F)c1)C1CCCN(Cc2nc(-c3ccc(Br)cc3)no2)C1. The highest BCUT2D eigenvalue weighted by Crippen LogP contribution is 2.31. The van der Waals surface area contributed by atoms with Crippen molar-refractivity contribution in [2.45, 2.75) is 25.6 Å². The number of piperidine rings is 1. The Kier molecular flexibility index (Phi) is 6.61. The molecule has 1 saturated heterocycles. The third kappa shape index (κ3) is 5.55. The van der Waals surface area contributed by atoms with E-state index >= 15 is 0 Å². The number of carbonyl (C=O) groups excluding carboxylic acids is 1. The lowest BCUT2D eigenvalue weighted by molar-refractivity contribution is -0.137. The van der Waals surface area contributed by atoms with Crippen LogP contribution < -0.4 is 5.32 Å². The lowest BCUT2D eigenvalue weighted by Crippen LogP contribution is -2.40. The van der Waals surface area contributed by atoms with Crippen molar-refractivity contribution >= 4 is 27.5 Å². The maximum absolute atomic E-state index is 12.9. The van der Waals surface area contributed by atoms with Gasteiger partial charge < -0.3 is 9.84 Å². The van der Waals surface area contributed by atoms with Crippen LogP contribution >= 0.6 is 15.9 Å². The number of benzene rings is 2. The molecule has 0 aliphatic carbocycles. The van der Waals surface area contributed by atoms with Crippen LogP contribution in [0.5, 0.6) is 0 Å². The summed E-state index contributed by atoms with van der Waals surface area (Å²) in [5, 5.41) is 6.64. The van der Waals surface area contributed by atoms with Crippen molar-refractivity contribution in [2.75, 3.05) is 18.4 Å². The van der Waals surface area contributed by atoms with E-state index in [-0.39, 0.29) is 17.5 Å². The predicted molar refractivity (Wildman–Crippen MR) is 116 cm³/mol. The second-order valence-corrected chi connectivity index (χ2v) is 8.58. The number of rotatable bonds is 5. The molecular formula is C22H20BrF3N4O2. The molecule has 0 bridgehead atoms. The van der Waals surface area contributed by atoms with Crippen LogP contribution in [0.15, 0.2) is 57.5 Å². The van der Waals surface area contributed by atoms with Crippen molar-refractivity contribution in [3.05, 3.63) is 64.5 Å². The monoisotopic (exact) mass is 508 g/mol. The van der Waals surface area contributed by atoms with Gasteiger partial charge in [-0.3, -0.25) is 9.69 Å². The fourth-order valence-corrected chi connectivity index (χ4v) is 3.92. The number of carbonyl (C=O) groups is 1. The number of likely N-dealkylation sites (tertiary alicyclic amines) is 1. The summed E-state index contributed by atoms with van der Waals surface area (Å²) in [5.41, 5.74) is 0.178. The first kappa shape index (κ1) is 22.5. The Bertz CT molecular complexity index is 1090. The van der Waals surface area contributed by atoms with E-state index in [0.717, 1.165) is 35.1 Å². The molecule has 4 rings (SSSR count). The second kappa shape index (κ2) is 9.41. The normalized spacial score (nSPS) is 17.3. The molecular weight excluding hydrogens is 489 g/mol. The average molecular weight is 509 g/mol. The molecule has 1 aliphatic rings. The first-order valence-corrected chi connectivity index (χ1v) is 10.9. The Morgan fingerprint density at radius 1 is 1.22 bits per heavy atom. The minimum absolute atomic E-state index is 0.137. The number of nitrogens with zero attached hydrogens (tertiary/aromatic N) is 3. The van der Waals surface area contributed by atoms with E-state index < -0.39 is 11.7 Å². The van der Waals surface area contributed by atoms with Crippen LogP contribution in [0.25, 0.3) is 11.4 Å². The van der Waals surface area contributed by atoms with Crippen LogP contribution in [0, 0.1) is 5.92 Å². The van der Waals surface area contributed by atoms with E-state index in [0.29, 0.717) is 31.2 Å². The lowest BCUT2D eigenvalue weighted by atomic mass is 9.97. The zero-order chi connectivity index (χ0) is 22.7. The molecule has 1 unspecified atom stereocenters. The van der Waals surface area contributed by atoms with Crippen LogP contribution in [-0.4, -0.2) is 34.0 Å². The van der Waals surface area contributed by atoms with Gasteiger partial charge >= 0.3 is 6.18 Å². The number of anilines is 1. The smallest absolute Gasteiger partial charge is 0.338 e. The van der Waals surface area contributed by atoms with E-state index in [9.17, 15) is 18.0 Å². The van der Waals surface area contributed by atoms with Gasteiger partial charge in [0.05, 0.1) is 18.0 Å². The van der Waals surface area contributed by atoms with Crippen molar-refractivity contribution in [1.29, 1.82) is 0 Å². The lowest BCUT2D eigenvalue weighted by Gasteiger charge is -2.30. The quantitative estimate of drug-likeness (QED) is 0.501. The van der Waals surface area contributed by atoms with Crippen LogP contribution in [0.3, 0.4) is 0 Å². The van der Waals surface area contributed by atoms with Gasteiger partial charge in [-0.15, -0.1) is 0 Å². The zero-order valence-corrected chi connectivity index (χ0v) is 18.5. The minimum atomic E-state index is -4.46. The van der Waals surface area contributed by atoms with Crippen LogP contribution in [0.2, 0.25) is 0 Å². The molecule has 2 aromatic carbocycles. The van der Waals surface area contributed by atoms with E-state index in [1.165, 1.54) is 12.1 Å². The van der Waals surface area contributed by atoms with Crippen LogP contribution in [0.4, 0.5) is 18.9 Å². The van der Waals surface area contributed by atoms with Gasteiger partial charge in [-0.25, -0.2) is 0 Å². The fraction of sp³-hybridized carbons (Fsp3) is 0.318. The molecule has 168 valence electrons. The van der Waals surface area contributed by atoms with Gasteiger partial charge in [0.1, 0.15) is 0 Å². The summed E-state index contributed by atoms with van der Waals surface area (Å²) in [6.45, 7) is 1.63. The van der Waals surface area contributed by atoms with Crippen LogP contribution in [-0.2, 0) is 17.5 Å². The summed E-state index contributed by atoms with van der Waals surface area (Å²) >= 11 is 3.39. The van der Waals surface area contributed by atoms with Gasteiger partial charge in [0.15, 0.2) is 0 Å². The summed E-state index contributed by atoms with van der Waals surface area (Å²) in [7, 11) is 0. The number of nitrogens with one attached hydrogen (secondary N) is 1. The molecule has 1 aliphatic heterocycles. The molecule has 6 nitrogen and oxygen atoms in total. The molecule has 1 fully saturated rings. The Morgan fingerprint density at radius 3 is 2.75 bits per heavy atom. The second-order valence-electron chi connectivity index (χ2n) is 7.66. The predicted octanol–water partition coefficient (Wildman–Crippen LogP) is 5.37. The Labute approximate surface area is 190 Å². The first-order chi connectivity index (χ1) is 15.3. The number of amides is 1. The third-order valence-electron chi connectivity index (χ3n) is 5.26. The highest BCUT2D eigenvalue weighted by Gasteiger charge is 2.31. The first-order valence-electron chi connectivity index (χ1n) is 10.1. The van der Waals surface area contributed by atoms with Crippen molar-refractivity contribution in [3.8, 4) is 11.4 Å². The maximum atomic E-state index is 12.9. The fourth-order valence-electron chi connectivity index (χ4n) is 3.66. The zero-order valence-electron chi connectivity index (χ0n) is 16.9. The standard InChI is InChI=1S/C22H20BrF3N4O2/c23-17-8-6-14(7-9-17)20-28-19(32-29-20)13-30-10-2-3-15(12-30)21(31)27-18-5-1-4-16(11-18)22(24,25)26/h1,4-9,11,15H,2-3,10,12-13H2,(H,27,31). The molecule has 0 saturated carbocycles. The maximum Gasteiger partial charge on any atom is 0.416 e. The van der Waals surface area contributed by atoms with Crippen molar-refractivity contribution < 1.29 is 22.5 Å². The molecule has 3 aromatic rings. The highest BCUT2D eigenvalue weighted by molar-refractivity contribution is 9.10. The van der Waals surface area contributed by atoms with Gasteiger partial charge in [-0.2, -0.15) is 18.2 Å². The molecule has 32 heavy (non-hydrogen) atoms. The molecule has 0 spiro atoms. The van der Waals surface area contributed by atoms with E-state index in [4.69, 9.17) is 4.52 Å². The third-order valence-corrected chi connectivity index (χ3v) is 5.79. The Balaban J connectivity index is 1.36. The number of hydrogen-bond acceptors (Lipinski definition) is 5. The van der Waals surface area contributed by atoms with E-state index in [1.54, 1.807) is 0 Å². The Hall–Kier alpha value is -2.72. The van der Waals surface area contributed by atoms with Gasteiger partial charge in [-0.1, -0.05) is 27.2 Å². The molecule has 1 atom stereocenters. The van der Waals surface area contributed by atoms with E-state index in [1.807, 2.05) is 29.2 Å². The number of hydrogen-bond donors (Lipinski definition) is 1.